The van der Waals surface area contributed by atoms with E-state index in [9.17, 15) is 25.9 Å². The molecule has 4 aromatic carbocycles. The van der Waals surface area contributed by atoms with E-state index in [1.54, 1.807) is 24.3 Å². The van der Waals surface area contributed by atoms with E-state index in [0.717, 1.165) is 35.1 Å². The number of benzene rings is 4. The van der Waals surface area contributed by atoms with E-state index in [1.807, 2.05) is 42.5 Å². The summed E-state index contributed by atoms with van der Waals surface area (Å²) in [7, 11) is -9.57. The average Bonchev–Trinajstić information content (AvgIpc) is 2.88. The quantitative estimate of drug-likeness (QED) is 0.321. The molecule has 0 heterocycles. The van der Waals surface area contributed by atoms with Crippen LogP contribution in [0, 0.1) is 0 Å². The summed E-state index contributed by atoms with van der Waals surface area (Å²) < 4.78 is 67.6. The fraction of sp³-hybridized carbons (Fsp3) is 0.103. The summed E-state index contributed by atoms with van der Waals surface area (Å²) in [5.74, 6) is 0. The molecule has 0 saturated heterocycles. The minimum atomic E-state index is -4.86. The fourth-order valence-electron chi connectivity index (χ4n) is 4.26. The summed E-state index contributed by atoms with van der Waals surface area (Å²) in [5, 5.41) is 1.38. The van der Waals surface area contributed by atoms with Gasteiger partial charge in [-0.1, -0.05) is 79.4 Å². The summed E-state index contributed by atoms with van der Waals surface area (Å²) in [6.07, 6.45) is 0. The maximum absolute atomic E-state index is 12.4. The van der Waals surface area contributed by atoms with E-state index < -0.39 is 30.0 Å². The molecule has 7 nitrogen and oxygen atoms in total. The van der Waals surface area contributed by atoms with Crippen molar-refractivity contribution < 1.29 is 25.9 Å². The first-order valence-electron chi connectivity index (χ1n) is 11.8. The maximum Gasteiger partial charge on any atom is 0.295 e. The third kappa shape index (κ3) is 6.20. The van der Waals surface area contributed by atoms with Gasteiger partial charge in [0.15, 0.2) is 0 Å². The van der Waals surface area contributed by atoms with E-state index in [-0.39, 0.29) is 5.56 Å². The second-order valence-electron chi connectivity index (χ2n) is 8.73. The van der Waals surface area contributed by atoms with Crippen LogP contribution in [-0.4, -0.2) is 32.5 Å². The Hall–Kier alpha value is -3.76. The van der Waals surface area contributed by atoms with Crippen molar-refractivity contribution >= 4 is 38.1 Å². The van der Waals surface area contributed by atoms with E-state index in [0.29, 0.717) is 22.9 Å². The summed E-state index contributed by atoms with van der Waals surface area (Å²) in [5.41, 5.74) is 3.31. The first kappa shape index (κ1) is 27.3. The van der Waals surface area contributed by atoms with Crippen molar-refractivity contribution in [3.63, 3.8) is 0 Å². The van der Waals surface area contributed by atoms with Crippen LogP contribution < -0.4 is 15.3 Å². The number of anilines is 1. The first-order chi connectivity index (χ1) is 18.0. The number of nitrogens with zero attached hydrogens (tertiary/aromatic N) is 1. The van der Waals surface area contributed by atoms with Crippen molar-refractivity contribution in [3.05, 3.63) is 124 Å². The average molecular weight is 550 g/mol. The standard InChI is InChI=1S/C29H27NO6S2/c1-3-30(20-22-7-5-4-6-8-22)25-15-13-24(14-16-25)29(23-11-9-21(2)10-12-23)27-18-17-26(37(31,32)33)19-28(27)38(34,35)36/h4-19H,2-3,20H2,1H3,(H,31,32,33)(H,34,35,36). The van der Waals surface area contributed by atoms with Crippen LogP contribution in [0.4, 0.5) is 5.69 Å². The predicted molar refractivity (Wildman–Crippen MR) is 149 cm³/mol. The molecule has 0 spiro atoms. The van der Waals surface area contributed by atoms with Crippen LogP contribution in [0.25, 0.3) is 12.2 Å². The van der Waals surface area contributed by atoms with Crippen LogP contribution in [0.2, 0.25) is 0 Å². The molecule has 4 aromatic rings. The Bertz CT molecular complexity index is 1760. The van der Waals surface area contributed by atoms with Gasteiger partial charge in [-0.2, -0.15) is 16.8 Å². The molecule has 196 valence electrons. The van der Waals surface area contributed by atoms with Crippen molar-refractivity contribution in [2.24, 2.45) is 0 Å². The molecule has 0 radical (unpaired) electrons. The molecular weight excluding hydrogens is 522 g/mol. The van der Waals surface area contributed by atoms with Gasteiger partial charge in [-0.3, -0.25) is 9.11 Å². The summed E-state index contributed by atoms with van der Waals surface area (Å²) >= 11 is 0. The zero-order valence-corrected chi connectivity index (χ0v) is 22.3. The van der Waals surface area contributed by atoms with Gasteiger partial charge < -0.3 is 4.90 Å². The Labute approximate surface area is 222 Å². The zero-order chi connectivity index (χ0) is 27.5. The Morgan fingerprint density at radius 3 is 1.97 bits per heavy atom. The lowest BCUT2D eigenvalue weighted by Gasteiger charge is -2.24. The van der Waals surface area contributed by atoms with E-state index >= 15 is 0 Å². The molecule has 38 heavy (non-hydrogen) atoms. The van der Waals surface area contributed by atoms with Gasteiger partial charge in [0.05, 0.1) is 4.90 Å². The minimum Gasteiger partial charge on any atom is -0.367 e. The van der Waals surface area contributed by atoms with Gasteiger partial charge in [0.1, 0.15) is 4.90 Å². The number of hydrogen-bond acceptors (Lipinski definition) is 5. The lowest BCUT2D eigenvalue weighted by atomic mass is 9.95. The normalized spacial score (nSPS) is 11.8. The highest BCUT2D eigenvalue weighted by molar-refractivity contribution is 7.86. The molecule has 0 saturated carbocycles. The van der Waals surface area contributed by atoms with Crippen LogP contribution in [-0.2, 0) is 26.8 Å². The molecule has 0 amide bonds. The molecule has 4 rings (SSSR count). The lowest BCUT2D eigenvalue weighted by Crippen LogP contribution is -2.22. The minimum absolute atomic E-state index is 0.0843. The molecule has 0 atom stereocenters. The molecule has 0 aliphatic heterocycles. The predicted octanol–water partition coefficient (Wildman–Crippen LogP) is 3.86. The second-order valence-corrected chi connectivity index (χ2v) is 11.5. The van der Waals surface area contributed by atoms with Crippen molar-refractivity contribution in [3.8, 4) is 0 Å². The molecule has 0 fully saturated rings. The number of hydrogen-bond donors (Lipinski definition) is 2. The molecule has 9 heteroatoms. The SMILES string of the molecule is C=c1ccc(=C(c2ccc(N(CC)Cc3ccccc3)cc2)c2ccc(S(=O)(=O)O)cc2S(=O)(=O)O)cc1. The molecule has 0 aliphatic carbocycles. The van der Waals surface area contributed by atoms with Gasteiger partial charge in [-0.15, -0.1) is 0 Å². The zero-order valence-electron chi connectivity index (χ0n) is 20.7. The molecule has 0 bridgehead atoms. The van der Waals surface area contributed by atoms with Crippen LogP contribution in [0.3, 0.4) is 0 Å². The van der Waals surface area contributed by atoms with Crippen LogP contribution >= 0.6 is 0 Å². The van der Waals surface area contributed by atoms with Crippen molar-refractivity contribution in [1.29, 1.82) is 0 Å². The van der Waals surface area contributed by atoms with Crippen molar-refractivity contribution in [1.82, 2.24) is 0 Å². The summed E-state index contributed by atoms with van der Waals surface area (Å²) in [6.45, 7) is 7.43. The molecule has 2 N–H and O–H groups in total. The van der Waals surface area contributed by atoms with Gasteiger partial charge in [0, 0.05) is 24.3 Å². The molecular formula is C29H27NO6S2. The summed E-state index contributed by atoms with van der Waals surface area (Å²) in [4.78, 5) is 0.918. The fourth-order valence-corrected chi connectivity index (χ4v) is 5.57. The Kier molecular flexibility index (Phi) is 7.84. The van der Waals surface area contributed by atoms with Gasteiger partial charge in [-0.25, -0.2) is 0 Å². The van der Waals surface area contributed by atoms with Gasteiger partial charge in [0.2, 0.25) is 0 Å². The highest BCUT2D eigenvalue weighted by Crippen LogP contribution is 2.31. The molecule has 0 unspecified atom stereocenters. The third-order valence-corrected chi connectivity index (χ3v) is 7.90. The van der Waals surface area contributed by atoms with Gasteiger partial charge in [0.25, 0.3) is 20.2 Å². The topological polar surface area (TPSA) is 112 Å². The third-order valence-electron chi connectivity index (χ3n) is 6.16. The number of rotatable bonds is 8. The van der Waals surface area contributed by atoms with E-state index in [4.69, 9.17) is 0 Å². The monoisotopic (exact) mass is 549 g/mol. The largest absolute Gasteiger partial charge is 0.367 e. The van der Waals surface area contributed by atoms with Gasteiger partial charge in [-0.05, 0) is 58.3 Å². The summed E-state index contributed by atoms with van der Waals surface area (Å²) in [6, 6.07) is 27.8. The van der Waals surface area contributed by atoms with Crippen LogP contribution in [0.5, 0.6) is 0 Å². The smallest absolute Gasteiger partial charge is 0.295 e. The highest BCUT2D eigenvalue weighted by Gasteiger charge is 2.23. The molecule has 0 aliphatic rings. The Balaban J connectivity index is 1.89. The Morgan fingerprint density at radius 2 is 1.42 bits per heavy atom. The van der Waals surface area contributed by atoms with Crippen LogP contribution in [0.1, 0.15) is 23.6 Å². The van der Waals surface area contributed by atoms with Crippen molar-refractivity contribution in [2.45, 2.75) is 23.3 Å². The van der Waals surface area contributed by atoms with E-state index in [2.05, 4.69) is 30.5 Å². The second kappa shape index (κ2) is 10.9. The lowest BCUT2D eigenvalue weighted by molar-refractivity contribution is 0.481. The molecule has 0 aromatic heterocycles. The van der Waals surface area contributed by atoms with Gasteiger partial charge >= 0.3 is 0 Å². The first-order valence-corrected chi connectivity index (χ1v) is 14.6. The maximum atomic E-state index is 12.4. The highest BCUT2D eigenvalue weighted by atomic mass is 32.2. The Morgan fingerprint density at radius 1 is 0.789 bits per heavy atom. The van der Waals surface area contributed by atoms with Crippen molar-refractivity contribution in [2.75, 3.05) is 11.4 Å². The van der Waals surface area contributed by atoms with E-state index in [1.165, 1.54) is 6.07 Å². The van der Waals surface area contributed by atoms with Crippen LogP contribution in [0.15, 0.2) is 107 Å².